The van der Waals surface area contributed by atoms with Gasteiger partial charge in [-0.3, -0.25) is 4.79 Å². The maximum atomic E-state index is 12.9. The lowest BCUT2D eigenvalue weighted by atomic mass is 10.1. The molecule has 142 valence electrons. The van der Waals surface area contributed by atoms with Crippen LogP contribution in [0.2, 0.25) is 0 Å². The first-order chi connectivity index (χ1) is 12.9. The van der Waals surface area contributed by atoms with Crippen LogP contribution in [0.25, 0.3) is 0 Å². The highest BCUT2D eigenvalue weighted by molar-refractivity contribution is 8.04. The molecule has 0 saturated heterocycles. The van der Waals surface area contributed by atoms with Crippen LogP contribution in [0.5, 0.6) is 0 Å². The van der Waals surface area contributed by atoms with Crippen LogP contribution in [0.15, 0.2) is 40.6 Å². The summed E-state index contributed by atoms with van der Waals surface area (Å²) in [5.74, 6) is -0.344. The number of rotatable bonds is 6. The minimum atomic E-state index is -0.450. The molecular formula is C19H22N3O3S2+. The van der Waals surface area contributed by atoms with Gasteiger partial charge in [0.15, 0.2) is 11.8 Å². The summed E-state index contributed by atoms with van der Waals surface area (Å²) >= 11 is 2.96. The van der Waals surface area contributed by atoms with Gasteiger partial charge in [0, 0.05) is 10.6 Å². The third-order valence-corrected chi connectivity index (χ3v) is 5.92. The lowest BCUT2D eigenvalue weighted by molar-refractivity contribution is -0.426. The lowest BCUT2D eigenvalue weighted by Crippen LogP contribution is -2.57. The normalized spacial score (nSPS) is 19.1. The average molecular weight is 405 g/mol. The molecule has 3 rings (SSSR count). The number of imide groups is 1. The van der Waals surface area contributed by atoms with Gasteiger partial charge in [-0.05, 0) is 41.9 Å². The van der Waals surface area contributed by atoms with E-state index < -0.39 is 11.3 Å². The highest BCUT2D eigenvalue weighted by Gasteiger charge is 2.49. The third kappa shape index (κ3) is 4.27. The smallest absolute Gasteiger partial charge is 0.323 e. The first-order valence-electron chi connectivity index (χ1n) is 8.66. The molecule has 1 unspecified atom stereocenters. The Morgan fingerprint density at radius 3 is 2.85 bits per heavy atom. The van der Waals surface area contributed by atoms with E-state index in [1.165, 1.54) is 21.2 Å². The maximum Gasteiger partial charge on any atom is 0.501 e. The highest BCUT2D eigenvalue weighted by atomic mass is 32.2. The summed E-state index contributed by atoms with van der Waals surface area (Å²) in [7, 11) is 0. The number of urea groups is 1. The molecule has 2 aliphatic heterocycles. The molecule has 0 fully saturated rings. The van der Waals surface area contributed by atoms with Crippen LogP contribution in [0.4, 0.5) is 10.5 Å². The molecule has 0 bridgehead atoms. The van der Waals surface area contributed by atoms with Gasteiger partial charge in [-0.2, -0.15) is 14.3 Å². The Morgan fingerprint density at radius 2 is 2.15 bits per heavy atom. The van der Waals surface area contributed by atoms with Gasteiger partial charge in [0.2, 0.25) is 0 Å². The van der Waals surface area contributed by atoms with E-state index in [9.17, 15) is 14.4 Å². The quantitative estimate of drug-likeness (QED) is 0.583. The van der Waals surface area contributed by atoms with Crippen molar-refractivity contribution >= 4 is 52.8 Å². The molecule has 6 nitrogen and oxygen atoms in total. The predicted octanol–water partition coefficient (Wildman–Crippen LogP) is 3.05. The van der Waals surface area contributed by atoms with Crippen LogP contribution in [-0.4, -0.2) is 57.6 Å². The van der Waals surface area contributed by atoms with E-state index in [0.29, 0.717) is 17.9 Å². The Labute approximate surface area is 167 Å². The SMILES string of the molecule is CSc1cccc(NC(=O)C[N+]2=C3C=CSC3C(=O)N(CC(C)C)C2=O)c1. The van der Waals surface area contributed by atoms with Crippen LogP contribution in [0, 0.1) is 5.92 Å². The number of anilines is 1. The second kappa shape index (κ2) is 8.31. The summed E-state index contributed by atoms with van der Waals surface area (Å²) in [6.07, 6.45) is 3.72. The molecule has 4 amide bonds. The van der Waals surface area contributed by atoms with Crippen molar-refractivity contribution in [2.24, 2.45) is 5.92 Å². The van der Waals surface area contributed by atoms with Crippen molar-refractivity contribution in [3.05, 3.63) is 35.7 Å². The van der Waals surface area contributed by atoms with Gasteiger partial charge in [-0.1, -0.05) is 19.9 Å². The van der Waals surface area contributed by atoms with Gasteiger partial charge in [-0.25, -0.2) is 4.79 Å². The van der Waals surface area contributed by atoms with Crippen molar-refractivity contribution in [3.63, 3.8) is 0 Å². The molecule has 8 heteroatoms. The van der Waals surface area contributed by atoms with Crippen LogP contribution in [0.1, 0.15) is 13.8 Å². The highest BCUT2D eigenvalue weighted by Crippen LogP contribution is 2.28. The van der Waals surface area contributed by atoms with Gasteiger partial charge < -0.3 is 5.32 Å². The summed E-state index contributed by atoms with van der Waals surface area (Å²) in [5.41, 5.74) is 1.27. The molecular weight excluding hydrogens is 382 g/mol. The van der Waals surface area contributed by atoms with E-state index in [-0.39, 0.29) is 24.3 Å². The second-order valence-corrected chi connectivity index (χ2v) is 8.63. The summed E-state index contributed by atoms with van der Waals surface area (Å²) in [6.45, 7) is 4.13. The van der Waals surface area contributed by atoms with Gasteiger partial charge in [0.25, 0.3) is 5.91 Å². The zero-order valence-electron chi connectivity index (χ0n) is 15.5. The largest absolute Gasteiger partial charge is 0.501 e. The third-order valence-electron chi connectivity index (χ3n) is 4.19. The number of hydrogen-bond donors (Lipinski definition) is 1. The Bertz CT molecular complexity index is 848. The summed E-state index contributed by atoms with van der Waals surface area (Å²) < 4.78 is 1.42. The zero-order valence-corrected chi connectivity index (χ0v) is 17.1. The van der Waals surface area contributed by atoms with E-state index in [4.69, 9.17) is 0 Å². The number of amides is 4. The summed E-state index contributed by atoms with van der Waals surface area (Å²) in [5, 5.41) is 4.19. The molecule has 1 aromatic carbocycles. The lowest BCUT2D eigenvalue weighted by Gasteiger charge is -2.25. The standard InChI is InChI=1S/C19H21N3O3S2/c1-12(2)10-22-18(24)17-15(7-8-27-17)21(19(22)25)11-16(23)20-13-5-4-6-14(9-13)26-3/h4-9,12,17H,10-11H2,1-3H3/p+1. The van der Waals surface area contributed by atoms with Gasteiger partial charge in [-0.15, -0.1) is 23.5 Å². The molecule has 0 aliphatic carbocycles. The van der Waals surface area contributed by atoms with Crippen LogP contribution >= 0.6 is 23.5 Å². The van der Waals surface area contributed by atoms with Gasteiger partial charge >= 0.3 is 11.9 Å². The first kappa shape index (κ1) is 19.7. The monoisotopic (exact) mass is 404 g/mol. The minimum absolute atomic E-state index is 0.124. The van der Waals surface area contributed by atoms with Crippen molar-refractivity contribution < 1.29 is 19.0 Å². The van der Waals surface area contributed by atoms with E-state index in [1.807, 2.05) is 44.4 Å². The summed E-state index contributed by atoms with van der Waals surface area (Å²) in [4.78, 5) is 40.4. The second-order valence-electron chi connectivity index (χ2n) is 6.74. The molecule has 0 aromatic heterocycles. The molecule has 1 atom stereocenters. The molecule has 27 heavy (non-hydrogen) atoms. The number of allylic oxidation sites excluding steroid dienone is 1. The zero-order chi connectivity index (χ0) is 19.6. The molecule has 0 spiro atoms. The number of fused-ring (bicyclic) bond motifs is 1. The fourth-order valence-electron chi connectivity index (χ4n) is 2.99. The average Bonchev–Trinajstić information content (AvgIpc) is 3.12. The van der Waals surface area contributed by atoms with Crippen molar-refractivity contribution in [1.29, 1.82) is 0 Å². The summed E-state index contributed by atoms with van der Waals surface area (Å²) in [6, 6.07) is 7.10. The van der Waals surface area contributed by atoms with E-state index >= 15 is 0 Å². The fourth-order valence-corrected chi connectivity index (χ4v) is 4.41. The number of hydrogen-bond acceptors (Lipinski definition) is 5. The molecule has 1 aromatic rings. The Hall–Kier alpha value is -2.06. The number of nitrogens with zero attached hydrogens (tertiary/aromatic N) is 2. The Kier molecular flexibility index (Phi) is 6.06. The number of nitrogens with one attached hydrogen (secondary N) is 1. The first-order valence-corrected chi connectivity index (χ1v) is 10.8. The molecule has 2 aliphatic rings. The molecule has 2 heterocycles. The molecule has 0 saturated carbocycles. The predicted molar refractivity (Wildman–Crippen MR) is 109 cm³/mol. The minimum Gasteiger partial charge on any atom is -0.323 e. The van der Waals surface area contributed by atoms with Crippen LogP contribution in [-0.2, 0) is 9.59 Å². The van der Waals surface area contributed by atoms with Crippen LogP contribution in [0.3, 0.4) is 0 Å². The maximum absolute atomic E-state index is 12.9. The van der Waals surface area contributed by atoms with Crippen molar-refractivity contribution in [2.45, 2.75) is 24.0 Å². The van der Waals surface area contributed by atoms with Gasteiger partial charge in [0.05, 0.1) is 6.54 Å². The molecule has 1 N–H and O–H groups in total. The number of thioether (sulfide) groups is 2. The number of benzene rings is 1. The number of carbonyl (C=O) groups excluding carboxylic acids is 3. The Balaban J connectivity index is 1.81. The fraction of sp³-hybridized carbons (Fsp3) is 0.368. The Morgan fingerprint density at radius 1 is 1.37 bits per heavy atom. The van der Waals surface area contributed by atoms with E-state index in [2.05, 4.69) is 5.32 Å². The molecule has 0 radical (unpaired) electrons. The topological polar surface area (TPSA) is 69.5 Å². The van der Waals surface area contributed by atoms with Crippen molar-refractivity contribution in [1.82, 2.24) is 4.90 Å². The van der Waals surface area contributed by atoms with Crippen molar-refractivity contribution in [3.8, 4) is 0 Å². The van der Waals surface area contributed by atoms with Gasteiger partial charge in [0.1, 0.15) is 5.71 Å². The van der Waals surface area contributed by atoms with Crippen LogP contribution < -0.4 is 5.32 Å². The number of carbonyl (C=O) groups is 3. The van der Waals surface area contributed by atoms with E-state index in [1.54, 1.807) is 23.2 Å². The van der Waals surface area contributed by atoms with E-state index in [0.717, 1.165) is 4.90 Å². The van der Waals surface area contributed by atoms with Crippen molar-refractivity contribution in [2.75, 3.05) is 24.7 Å².